The van der Waals surface area contributed by atoms with E-state index >= 15 is 0 Å². The van der Waals surface area contributed by atoms with Crippen molar-refractivity contribution in [2.45, 2.75) is 77.0 Å². The predicted molar refractivity (Wildman–Crippen MR) is 93.5 cm³/mol. The van der Waals surface area contributed by atoms with Crippen LogP contribution in [0.25, 0.3) is 0 Å². The van der Waals surface area contributed by atoms with Crippen LogP contribution in [-0.2, 0) is 0 Å². The maximum atomic E-state index is 14.5. The lowest BCUT2D eigenvalue weighted by molar-refractivity contribution is -0.275. The van der Waals surface area contributed by atoms with E-state index < -0.39 is 17.9 Å². The van der Waals surface area contributed by atoms with Crippen molar-refractivity contribution < 1.29 is 22.3 Å². The van der Waals surface area contributed by atoms with Gasteiger partial charge in [-0.3, -0.25) is 0 Å². The molecule has 0 bridgehead atoms. The van der Waals surface area contributed by atoms with Gasteiger partial charge >= 0.3 is 6.36 Å². The number of hydrogen-bond acceptors (Lipinski definition) is 1. The van der Waals surface area contributed by atoms with Crippen LogP contribution in [0, 0.1) is 23.6 Å². The van der Waals surface area contributed by atoms with Gasteiger partial charge in [0.25, 0.3) is 0 Å². The van der Waals surface area contributed by atoms with Gasteiger partial charge in [0.1, 0.15) is 0 Å². The molecule has 1 nitrogen and oxygen atoms in total. The highest BCUT2D eigenvalue weighted by Gasteiger charge is 2.35. The van der Waals surface area contributed by atoms with Crippen molar-refractivity contribution in [3.8, 4) is 5.75 Å². The second kappa shape index (κ2) is 8.18. The maximum absolute atomic E-state index is 14.5. The molecule has 5 heteroatoms. The Bertz CT molecular complexity index is 582. The summed E-state index contributed by atoms with van der Waals surface area (Å²) in [4.78, 5) is 0. The molecule has 0 unspecified atom stereocenters. The smallest absolute Gasteiger partial charge is 0.403 e. The van der Waals surface area contributed by atoms with E-state index in [9.17, 15) is 17.6 Å². The molecule has 0 radical (unpaired) electrons. The van der Waals surface area contributed by atoms with Crippen molar-refractivity contribution >= 4 is 0 Å². The standard InChI is InChI=1S/C21H28F4O/c1-2-14-6-8-15(9-7-14)16-10-12-17(13-11-16)18-4-3-5-19(20(18)22)26-21(23,24)25/h3-5,14-17H,2,6-13H2,1H3/t14-,15-,16?,17?. The molecule has 0 saturated heterocycles. The summed E-state index contributed by atoms with van der Waals surface area (Å²) >= 11 is 0. The van der Waals surface area contributed by atoms with Crippen LogP contribution >= 0.6 is 0 Å². The Labute approximate surface area is 153 Å². The fraction of sp³-hybridized carbons (Fsp3) is 0.714. The summed E-state index contributed by atoms with van der Waals surface area (Å²) in [5, 5.41) is 0. The molecule has 0 heterocycles. The summed E-state index contributed by atoms with van der Waals surface area (Å²) in [6, 6.07) is 4.11. The van der Waals surface area contributed by atoms with Crippen LogP contribution in [-0.4, -0.2) is 6.36 Å². The van der Waals surface area contributed by atoms with Crippen molar-refractivity contribution in [1.29, 1.82) is 0 Å². The molecule has 0 aromatic heterocycles. The fourth-order valence-corrected chi connectivity index (χ4v) is 5.02. The van der Waals surface area contributed by atoms with Crippen LogP contribution < -0.4 is 4.74 Å². The van der Waals surface area contributed by atoms with E-state index in [2.05, 4.69) is 11.7 Å². The third-order valence-corrected chi connectivity index (χ3v) is 6.57. The van der Waals surface area contributed by atoms with Gasteiger partial charge in [-0.25, -0.2) is 4.39 Å². The van der Waals surface area contributed by atoms with Crippen LogP contribution in [0.5, 0.6) is 5.75 Å². The summed E-state index contributed by atoms with van der Waals surface area (Å²) in [6.07, 6.45) is 5.47. The molecular weight excluding hydrogens is 344 g/mol. The Kier molecular flexibility index (Phi) is 6.13. The molecule has 2 saturated carbocycles. The number of alkyl halides is 3. The van der Waals surface area contributed by atoms with Gasteiger partial charge in [-0.15, -0.1) is 13.2 Å². The quantitative estimate of drug-likeness (QED) is 0.507. The SMILES string of the molecule is CC[C@H]1CC[C@H](C2CCC(c3cccc(OC(F)(F)F)c3F)CC2)CC1. The molecule has 0 amide bonds. The first-order valence-corrected chi connectivity index (χ1v) is 9.91. The van der Waals surface area contributed by atoms with E-state index in [-0.39, 0.29) is 5.92 Å². The van der Waals surface area contributed by atoms with E-state index in [0.717, 1.165) is 43.6 Å². The van der Waals surface area contributed by atoms with E-state index in [1.54, 1.807) is 6.07 Å². The van der Waals surface area contributed by atoms with Gasteiger partial charge in [-0.2, -0.15) is 0 Å². The Hall–Kier alpha value is -1.26. The zero-order valence-corrected chi connectivity index (χ0v) is 15.3. The van der Waals surface area contributed by atoms with Crippen molar-refractivity contribution in [2.24, 2.45) is 17.8 Å². The summed E-state index contributed by atoms with van der Waals surface area (Å²) in [7, 11) is 0. The van der Waals surface area contributed by atoms with Gasteiger partial charge in [0.15, 0.2) is 11.6 Å². The van der Waals surface area contributed by atoms with Crippen LogP contribution in [0.4, 0.5) is 17.6 Å². The van der Waals surface area contributed by atoms with Gasteiger partial charge in [0, 0.05) is 0 Å². The molecule has 26 heavy (non-hydrogen) atoms. The van der Waals surface area contributed by atoms with Gasteiger partial charge in [0.2, 0.25) is 0 Å². The fourth-order valence-electron chi connectivity index (χ4n) is 5.02. The van der Waals surface area contributed by atoms with E-state index in [1.807, 2.05) is 0 Å². The zero-order valence-electron chi connectivity index (χ0n) is 15.3. The van der Waals surface area contributed by atoms with Crippen LogP contribution in [0.3, 0.4) is 0 Å². The second-order valence-corrected chi connectivity index (χ2v) is 8.01. The first-order chi connectivity index (χ1) is 12.4. The molecule has 2 aliphatic rings. The summed E-state index contributed by atoms with van der Waals surface area (Å²) in [6.45, 7) is 2.27. The number of benzene rings is 1. The van der Waals surface area contributed by atoms with Gasteiger partial charge < -0.3 is 4.74 Å². The van der Waals surface area contributed by atoms with E-state index in [4.69, 9.17) is 0 Å². The average molecular weight is 372 g/mol. The first-order valence-electron chi connectivity index (χ1n) is 9.91. The molecule has 1 aromatic carbocycles. The molecule has 146 valence electrons. The Morgan fingerprint density at radius 3 is 2.04 bits per heavy atom. The van der Waals surface area contributed by atoms with Crippen LogP contribution in [0.2, 0.25) is 0 Å². The molecular formula is C21H28F4O. The molecule has 0 atom stereocenters. The van der Waals surface area contributed by atoms with E-state index in [1.165, 1.54) is 38.2 Å². The minimum atomic E-state index is -4.87. The molecule has 0 N–H and O–H groups in total. The highest BCUT2D eigenvalue weighted by atomic mass is 19.4. The normalized spacial score (nSPS) is 30.2. The largest absolute Gasteiger partial charge is 0.573 e. The lowest BCUT2D eigenvalue weighted by atomic mass is 9.68. The Balaban J connectivity index is 1.59. The molecule has 2 fully saturated rings. The molecule has 0 aliphatic heterocycles. The molecule has 1 aromatic rings. The van der Waals surface area contributed by atoms with Gasteiger partial charge in [-0.1, -0.05) is 38.3 Å². The first kappa shape index (κ1) is 19.5. The van der Waals surface area contributed by atoms with Crippen molar-refractivity contribution in [3.63, 3.8) is 0 Å². The molecule has 0 spiro atoms. The van der Waals surface area contributed by atoms with Crippen molar-refractivity contribution in [3.05, 3.63) is 29.6 Å². The third kappa shape index (κ3) is 4.72. The average Bonchev–Trinajstić information content (AvgIpc) is 2.63. The zero-order chi connectivity index (χ0) is 18.7. The topological polar surface area (TPSA) is 9.23 Å². The lowest BCUT2D eigenvalue weighted by Gasteiger charge is -2.38. The number of rotatable bonds is 4. The molecule has 2 aliphatic carbocycles. The van der Waals surface area contributed by atoms with Crippen molar-refractivity contribution in [2.75, 3.05) is 0 Å². The minimum Gasteiger partial charge on any atom is -0.403 e. The maximum Gasteiger partial charge on any atom is 0.573 e. The molecule has 3 rings (SSSR count). The number of halogens is 4. The minimum absolute atomic E-state index is 0.00462. The van der Waals surface area contributed by atoms with Crippen LogP contribution in [0.15, 0.2) is 18.2 Å². The highest BCUT2D eigenvalue weighted by molar-refractivity contribution is 5.33. The third-order valence-electron chi connectivity index (χ3n) is 6.57. The van der Waals surface area contributed by atoms with Gasteiger partial charge in [0.05, 0.1) is 0 Å². The summed E-state index contributed by atoms with van der Waals surface area (Å²) < 4.78 is 55.6. The highest BCUT2D eigenvalue weighted by Crippen LogP contribution is 2.45. The number of ether oxygens (including phenoxy) is 1. The Morgan fingerprint density at radius 1 is 0.923 bits per heavy atom. The predicted octanol–water partition coefficient (Wildman–Crippen LogP) is 7.21. The summed E-state index contributed by atoms with van der Waals surface area (Å²) in [5.74, 6) is 0.792. The number of hydrogen-bond donors (Lipinski definition) is 0. The van der Waals surface area contributed by atoms with Crippen LogP contribution in [0.1, 0.15) is 76.2 Å². The Morgan fingerprint density at radius 2 is 1.50 bits per heavy atom. The van der Waals surface area contributed by atoms with Gasteiger partial charge in [-0.05, 0) is 73.8 Å². The van der Waals surface area contributed by atoms with Crippen molar-refractivity contribution in [1.82, 2.24) is 0 Å². The second-order valence-electron chi connectivity index (χ2n) is 8.01. The lowest BCUT2D eigenvalue weighted by Crippen LogP contribution is -2.25. The summed E-state index contributed by atoms with van der Waals surface area (Å²) in [5.41, 5.74) is 0.375. The van der Waals surface area contributed by atoms with E-state index in [0.29, 0.717) is 11.5 Å². The monoisotopic (exact) mass is 372 g/mol.